The van der Waals surface area contributed by atoms with Crippen molar-refractivity contribution in [2.24, 2.45) is 0 Å². The fourth-order valence-corrected chi connectivity index (χ4v) is 5.49. The van der Waals surface area contributed by atoms with Crippen LogP contribution < -0.4 is 0 Å². The van der Waals surface area contributed by atoms with Crippen molar-refractivity contribution in [1.29, 1.82) is 0 Å². The van der Waals surface area contributed by atoms with E-state index in [1.165, 1.54) is 12.1 Å². The van der Waals surface area contributed by atoms with E-state index in [1.807, 2.05) is 27.7 Å². The number of hydrogen-bond donors (Lipinski definition) is 0. The molecule has 0 amide bonds. The first-order chi connectivity index (χ1) is 10.7. The molecule has 1 unspecified atom stereocenters. The highest BCUT2D eigenvalue weighted by Crippen LogP contribution is 2.57. The minimum absolute atomic E-state index is 0.141. The van der Waals surface area contributed by atoms with Crippen molar-refractivity contribution < 1.29 is 22.7 Å². The summed E-state index contributed by atoms with van der Waals surface area (Å²) in [4.78, 5) is 0. The summed E-state index contributed by atoms with van der Waals surface area (Å²) in [7, 11) is -3.34. The van der Waals surface area contributed by atoms with Crippen molar-refractivity contribution in [2.45, 2.75) is 58.3 Å². The number of hydrogen-bond acceptors (Lipinski definition) is 4. The van der Waals surface area contributed by atoms with E-state index in [0.717, 1.165) is 12.0 Å². The van der Waals surface area contributed by atoms with Gasteiger partial charge in [0.05, 0.1) is 18.4 Å². The Bertz CT molecular complexity index is 536. The average Bonchev–Trinajstić information content (AvgIpc) is 2.86. The van der Waals surface area contributed by atoms with Crippen LogP contribution in [-0.4, -0.2) is 25.0 Å². The van der Waals surface area contributed by atoms with Crippen LogP contribution >= 0.6 is 7.60 Å². The van der Waals surface area contributed by atoms with Crippen molar-refractivity contribution in [3.8, 4) is 0 Å². The highest BCUT2D eigenvalue weighted by Gasteiger charge is 2.45. The molecule has 0 spiro atoms. The fraction of sp³-hybridized carbons (Fsp3) is 0.647. The molecule has 0 aromatic heterocycles. The maximum absolute atomic E-state index is 13.2. The van der Waals surface area contributed by atoms with Crippen LogP contribution in [0.4, 0.5) is 4.39 Å². The van der Waals surface area contributed by atoms with Crippen molar-refractivity contribution in [2.75, 3.05) is 12.8 Å². The number of rotatable bonds is 7. The highest BCUT2D eigenvalue weighted by atomic mass is 31.2. The zero-order valence-electron chi connectivity index (χ0n) is 14.3. The zero-order valence-corrected chi connectivity index (χ0v) is 15.1. The first-order valence-electron chi connectivity index (χ1n) is 8.11. The Labute approximate surface area is 137 Å². The molecule has 0 N–H and O–H groups in total. The normalized spacial score (nSPS) is 22.2. The maximum atomic E-state index is 13.2. The standard InChI is InChI=1S/C17H26FO4P/c1-13(2)21-23(19,22-14(3)4)12-17(10-5-11-20-17)15-6-8-16(18)9-7-15/h6-9,13-14H,5,10-12H2,1-4H3. The Morgan fingerprint density at radius 2 is 1.74 bits per heavy atom. The first kappa shape index (κ1) is 18.6. The fourth-order valence-electron chi connectivity index (χ4n) is 2.95. The molecule has 4 nitrogen and oxygen atoms in total. The van der Waals surface area contributed by atoms with Crippen LogP contribution in [-0.2, 0) is 24.0 Å². The lowest BCUT2D eigenvalue weighted by Gasteiger charge is -2.33. The SMILES string of the molecule is CC(C)OP(=O)(CC1(c2ccc(F)cc2)CCCO1)OC(C)C. The van der Waals surface area contributed by atoms with Crippen LogP contribution in [0.5, 0.6) is 0 Å². The van der Waals surface area contributed by atoms with E-state index in [2.05, 4.69) is 0 Å². The van der Waals surface area contributed by atoms with Gasteiger partial charge in [-0.2, -0.15) is 0 Å². The van der Waals surface area contributed by atoms with Crippen LogP contribution in [0.25, 0.3) is 0 Å². The Balaban J connectivity index is 2.32. The molecule has 1 heterocycles. The highest BCUT2D eigenvalue weighted by molar-refractivity contribution is 7.54. The second kappa shape index (κ2) is 7.43. The predicted octanol–water partition coefficient (Wildman–Crippen LogP) is 4.87. The molecule has 1 aromatic rings. The van der Waals surface area contributed by atoms with Crippen molar-refractivity contribution >= 4 is 7.60 Å². The van der Waals surface area contributed by atoms with Gasteiger partial charge in [0, 0.05) is 6.61 Å². The number of benzene rings is 1. The summed E-state index contributed by atoms with van der Waals surface area (Å²) in [6.45, 7) is 7.90. The Morgan fingerprint density at radius 1 is 1.17 bits per heavy atom. The third-order valence-corrected chi connectivity index (χ3v) is 6.05. The molecule has 6 heteroatoms. The zero-order chi connectivity index (χ0) is 17.1. The van der Waals surface area contributed by atoms with E-state index in [4.69, 9.17) is 13.8 Å². The molecule has 0 radical (unpaired) electrons. The molecule has 0 bridgehead atoms. The molecule has 130 valence electrons. The van der Waals surface area contributed by atoms with Gasteiger partial charge in [-0.15, -0.1) is 0 Å². The smallest absolute Gasteiger partial charge is 0.334 e. The van der Waals surface area contributed by atoms with Gasteiger partial charge >= 0.3 is 7.60 Å². The lowest BCUT2D eigenvalue weighted by Crippen LogP contribution is -2.31. The summed E-state index contributed by atoms with van der Waals surface area (Å²) in [5, 5.41) is 0. The van der Waals surface area contributed by atoms with E-state index >= 15 is 0 Å². The van der Waals surface area contributed by atoms with Gasteiger partial charge in [-0.1, -0.05) is 12.1 Å². The van der Waals surface area contributed by atoms with Crippen molar-refractivity contribution in [3.63, 3.8) is 0 Å². The van der Waals surface area contributed by atoms with Gasteiger partial charge in [0.2, 0.25) is 0 Å². The topological polar surface area (TPSA) is 44.8 Å². The summed E-state index contributed by atoms with van der Waals surface area (Å²) in [6.07, 6.45) is 1.28. The first-order valence-corrected chi connectivity index (χ1v) is 9.83. The minimum atomic E-state index is -3.34. The van der Waals surface area contributed by atoms with E-state index in [1.54, 1.807) is 12.1 Å². The monoisotopic (exact) mass is 344 g/mol. The third kappa shape index (κ3) is 4.87. The molecule has 1 aliphatic rings. The van der Waals surface area contributed by atoms with Gasteiger partial charge in [-0.3, -0.25) is 4.57 Å². The van der Waals surface area contributed by atoms with Gasteiger partial charge in [0.1, 0.15) is 11.4 Å². The van der Waals surface area contributed by atoms with Crippen molar-refractivity contribution in [3.05, 3.63) is 35.6 Å². The van der Waals surface area contributed by atoms with Gasteiger partial charge in [0.25, 0.3) is 0 Å². The van der Waals surface area contributed by atoms with Crippen LogP contribution in [0, 0.1) is 5.82 Å². The van der Waals surface area contributed by atoms with Crippen LogP contribution in [0.3, 0.4) is 0 Å². The van der Waals surface area contributed by atoms with Crippen LogP contribution in [0.15, 0.2) is 24.3 Å². The van der Waals surface area contributed by atoms with Crippen molar-refractivity contribution in [1.82, 2.24) is 0 Å². The molecule has 1 aliphatic heterocycles. The Kier molecular flexibility index (Phi) is 6.01. The van der Waals surface area contributed by atoms with E-state index in [0.29, 0.717) is 13.0 Å². The van der Waals surface area contributed by atoms with E-state index < -0.39 is 13.2 Å². The minimum Gasteiger partial charge on any atom is -0.370 e. The molecule has 0 saturated carbocycles. The Morgan fingerprint density at radius 3 is 2.17 bits per heavy atom. The van der Waals surface area contributed by atoms with Gasteiger partial charge in [-0.25, -0.2) is 4.39 Å². The summed E-state index contributed by atoms with van der Waals surface area (Å²) in [6, 6.07) is 6.18. The largest absolute Gasteiger partial charge is 0.370 e. The molecule has 2 rings (SSSR count). The van der Waals surface area contributed by atoms with Crippen LogP contribution in [0.2, 0.25) is 0 Å². The van der Waals surface area contributed by atoms with Gasteiger partial charge < -0.3 is 13.8 Å². The second-order valence-corrected chi connectivity index (χ2v) is 8.49. The molecule has 23 heavy (non-hydrogen) atoms. The molecular formula is C17H26FO4P. The third-order valence-electron chi connectivity index (χ3n) is 3.67. The van der Waals surface area contributed by atoms with E-state index in [-0.39, 0.29) is 24.2 Å². The Hall–Kier alpha value is -0.740. The summed E-state index contributed by atoms with van der Waals surface area (Å²) in [5.74, 6) is -0.304. The molecule has 0 aliphatic carbocycles. The lowest BCUT2D eigenvalue weighted by molar-refractivity contribution is 0.0109. The second-order valence-electron chi connectivity index (χ2n) is 6.53. The molecular weight excluding hydrogens is 318 g/mol. The maximum Gasteiger partial charge on any atom is 0.334 e. The predicted molar refractivity (Wildman–Crippen MR) is 88.2 cm³/mol. The molecule has 1 aromatic carbocycles. The summed E-state index contributed by atoms with van der Waals surface area (Å²) >= 11 is 0. The number of halogens is 1. The molecule has 1 atom stereocenters. The van der Waals surface area contributed by atoms with Gasteiger partial charge in [-0.05, 0) is 58.2 Å². The molecule has 1 saturated heterocycles. The summed E-state index contributed by atoms with van der Waals surface area (Å²) in [5.41, 5.74) is 0.0730. The molecule has 1 fully saturated rings. The van der Waals surface area contributed by atoms with E-state index in [9.17, 15) is 8.96 Å². The van der Waals surface area contributed by atoms with Gasteiger partial charge in [0.15, 0.2) is 0 Å². The number of ether oxygens (including phenoxy) is 1. The van der Waals surface area contributed by atoms with Crippen LogP contribution in [0.1, 0.15) is 46.1 Å². The summed E-state index contributed by atoms with van der Waals surface area (Å²) < 4.78 is 43.8. The lowest BCUT2D eigenvalue weighted by atomic mass is 9.93. The quantitative estimate of drug-likeness (QED) is 0.662. The average molecular weight is 344 g/mol.